The van der Waals surface area contributed by atoms with E-state index in [0.29, 0.717) is 0 Å². The molecular formula is C34H58N2O26. The monoisotopic (exact) mass is 910 g/mol. The standard InChI is InChI=1S/C34H58N2O26/c1-8(42)35-15-20(47)17(44)10(3-37)55-31(15)62-29-19(46)12(5-39)57-34(25(29)52)61-28-16(36-9(2)43)32(56-11(4-38)18(28)45)59-27-14(7-41)58-33(24(51)22(27)49)60-26-13(6-40)54-30(53)23(50)21(26)48/h10-34,37-41,44-53H,3-7H2,1-2H3,(H,35,42)(H,36,43)/t10-,11-,12-,13-,14-,15-,16-,17+,18+,19+,20-,21-,22-,23-,24-,25-,26-,27+,28-,29+,30-,31+,32+,33+,34+/m1/s1. The molecule has 2 amide bonds. The second kappa shape index (κ2) is 22.0. The third-order valence-electron chi connectivity index (χ3n) is 11.1. The van der Waals surface area contributed by atoms with E-state index in [2.05, 4.69) is 10.6 Å². The summed E-state index contributed by atoms with van der Waals surface area (Å²) in [5.74, 6) is -1.56. The molecule has 5 rings (SSSR count). The van der Waals surface area contributed by atoms with Crippen molar-refractivity contribution < 1.29 is 129 Å². The average molecular weight is 911 g/mol. The van der Waals surface area contributed by atoms with E-state index in [0.717, 1.165) is 13.8 Å². The van der Waals surface area contributed by atoms with E-state index in [1.807, 2.05) is 0 Å². The number of aliphatic hydroxyl groups excluding tert-OH is 15. The summed E-state index contributed by atoms with van der Waals surface area (Å²) < 4.78 is 50.9. The summed E-state index contributed by atoms with van der Waals surface area (Å²) in [6.07, 6.45) is -42.3. The molecule has 0 aromatic rings. The first kappa shape index (κ1) is 51.0. The number of aliphatic hydroxyl groups is 15. The van der Waals surface area contributed by atoms with Crippen molar-refractivity contribution in [2.45, 2.75) is 167 Å². The van der Waals surface area contributed by atoms with Crippen molar-refractivity contribution in [3.8, 4) is 0 Å². The van der Waals surface area contributed by atoms with Gasteiger partial charge in [0.25, 0.3) is 0 Å². The van der Waals surface area contributed by atoms with Gasteiger partial charge in [-0.05, 0) is 0 Å². The Morgan fingerprint density at radius 1 is 0.387 bits per heavy atom. The first-order valence-corrected chi connectivity index (χ1v) is 19.6. The van der Waals surface area contributed by atoms with Gasteiger partial charge in [0.15, 0.2) is 31.5 Å². The summed E-state index contributed by atoms with van der Waals surface area (Å²) >= 11 is 0. The number of hydrogen-bond donors (Lipinski definition) is 17. The fraction of sp³-hybridized carbons (Fsp3) is 0.941. The van der Waals surface area contributed by atoms with E-state index in [-0.39, 0.29) is 0 Å². The fourth-order valence-corrected chi connectivity index (χ4v) is 7.83. The van der Waals surface area contributed by atoms with Crippen LogP contribution in [0.1, 0.15) is 13.8 Å². The molecule has 5 aliphatic rings. The van der Waals surface area contributed by atoms with Crippen molar-refractivity contribution in [3.63, 3.8) is 0 Å². The molecule has 0 unspecified atom stereocenters. The molecule has 0 aliphatic carbocycles. The molecule has 0 aromatic carbocycles. The van der Waals surface area contributed by atoms with E-state index in [4.69, 9.17) is 42.6 Å². The number of nitrogens with one attached hydrogen (secondary N) is 2. The SMILES string of the molecule is CC(=O)N[C@H]1[C@H](O[C@H]2[C@@H](O)[C@@H](CO)O[C@@H](O[C@H]3[C@@H](O)[C@@H](CO)O[C@@H](O[C@@H]4[C@H](O)[C@@H](O)[C@H](O[C@H]5[C@H](O)[C@@H](O)[C@H](O)O[C@@H]5CO)O[C@@H]4CO)[C@@H]3NC(C)=O)[C@@H]2O)O[C@H](CO)[C@H](O)[C@@H]1O. The van der Waals surface area contributed by atoms with Crippen LogP contribution in [0.3, 0.4) is 0 Å². The zero-order valence-corrected chi connectivity index (χ0v) is 33.2. The maximum absolute atomic E-state index is 12.6. The third-order valence-corrected chi connectivity index (χ3v) is 11.1. The summed E-state index contributed by atoms with van der Waals surface area (Å²) in [7, 11) is 0. The van der Waals surface area contributed by atoms with Crippen molar-refractivity contribution in [1.82, 2.24) is 10.6 Å². The van der Waals surface area contributed by atoms with Crippen LogP contribution in [0.15, 0.2) is 0 Å². The van der Waals surface area contributed by atoms with Gasteiger partial charge in [0, 0.05) is 13.8 Å². The molecule has 25 atom stereocenters. The average Bonchev–Trinajstić information content (AvgIpc) is 3.23. The molecule has 28 heteroatoms. The maximum Gasteiger partial charge on any atom is 0.217 e. The molecule has 0 spiro atoms. The quantitative estimate of drug-likeness (QED) is 0.0725. The van der Waals surface area contributed by atoms with Crippen LogP contribution in [-0.4, -0.2) is 275 Å². The normalized spacial score (nSPS) is 49.0. The van der Waals surface area contributed by atoms with Crippen molar-refractivity contribution in [3.05, 3.63) is 0 Å². The second-order valence-electron chi connectivity index (χ2n) is 15.4. The summed E-state index contributed by atoms with van der Waals surface area (Å²) in [5.41, 5.74) is 0. The van der Waals surface area contributed by atoms with Crippen LogP contribution in [0.5, 0.6) is 0 Å². The lowest BCUT2D eigenvalue weighted by Gasteiger charge is -2.50. The highest BCUT2D eigenvalue weighted by molar-refractivity contribution is 5.73. The minimum absolute atomic E-state index is 0.732. The van der Waals surface area contributed by atoms with Gasteiger partial charge in [-0.25, -0.2) is 0 Å². The molecule has 0 radical (unpaired) electrons. The van der Waals surface area contributed by atoms with Crippen LogP contribution in [0.25, 0.3) is 0 Å². The summed E-state index contributed by atoms with van der Waals surface area (Å²) in [6.45, 7) is -2.55. The molecular weight excluding hydrogens is 852 g/mol. The van der Waals surface area contributed by atoms with Crippen LogP contribution in [-0.2, 0) is 52.2 Å². The Hall–Kier alpha value is -2.02. The van der Waals surface area contributed by atoms with Crippen LogP contribution < -0.4 is 10.6 Å². The predicted octanol–water partition coefficient (Wildman–Crippen LogP) is -11.6. The Bertz CT molecular complexity index is 1440. The van der Waals surface area contributed by atoms with Crippen LogP contribution in [0, 0.1) is 0 Å². The van der Waals surface area contributed by atoms with E-state index < -0.39 is 198 Å². The summed E-state index contributed by atoms with van der Waals surface area (Å²) in [5, 5.41) is 163. The third kappa shape index (κ3) is 10.8. The highest BCUT2D eigenvalue weighted by atomic mass is 16.8. The van der Waals surface area contributed by atoms with Gasteiger partial charge in [-0.1, -0.05) is 0 Å². The first-order chi connectivity index (χ1) is 29.3. The Morgan fingerprint density at radius 2 is 0.758 bits per heavy atom. The van der Waals surface area contributed by atoms with Gasteiger partial charge in [0.1, 0.15) is 122 Å². The van der Waals surface area contributed by atoms with Gasteiger partial charge >= 0.3 is 0 Å². The largest absolute Gasteiger partial charge is 0.394 e. The molecule has 0 saturated carbocycles. The molecule has 28 nitrogen and oxygen atoms in total. The van der Waals surface area contributed by atoms with E-state index in [1.165, 1.54) is 0 Å². The molecule has 5 aliphatic heterocycles. The first-order valence-electron chi connectivity index (χ1n) is 19.6. The van der Waals surface area contributed by atoms with Crippen LogP contribution in [0.2, 0.25) is 0 Å². The number of rotatable bonds is 15. The number of hydrogen-bond acceptors (Lipinski definition) is 26. The zero-order chi connectivity index (χ0) is 45.9. The Labute approximate surface area is 351 Å². The summed E-state index contributed by atoms with van der Waals surface area (Å²) in [6, 6.07) is -3.27. The molecule has 5 heterocycles. The molecule has 5 fully saturated rings. The zero-order valence-electron chi connectivity index (χ0n) is 33.2. The lowest BCUT2D eigenvalue weighted by Crippen LogP contribution is -2.70. The van der Waals surface area contributed by atoms with Crippen molar-refractivity contribution in [1.29, 1.82) is 0 Å². The maximum atomic E-state index is 12.6. The minimum Gasteiger partial charge on any atom is -0.394 e. The Balaban J connectivity index is 1.39. The van der Waals surface area contributed by atoms with Gasteiger partial charge in [-0.15, -0.1) is 0 Å². The van der Waals surface area contributed by atoms with Gasteiger partial charge in [-0.3, -0.25) is 9.59 Å². The molecule has 0 bridgehead atoms. The second-order valence-corrected chi connectivity index (χ2v) is 15.4. The topological polar surface area (TPSA) is 445 Å². The summed E-state index contributed by atoms with van der Waals surface area (Å²) in [4.78, 5) is 24.6. The molecule has 17 N–H and O–H groups in total. The number of carbonyl (C=O) groups excluding carboxylic acids is 2. The Kier molecular flexibility index (Phi) is 18.1. The van der Waals surface area contributed by atoms with Gasteiger partial charge < -0.3 is 130 Å². The smallest absolute Gasteiger partial charge is 0.217 e. The van der Waals surface area contributed by atoms with Crippen molar-refractivity contribution in [2.75, 3.05) is 33.0 Å². The van der Waals surface area contributed by atoms with Crippen LogP contribution in [0.4, 0.5) is 0 Å². The molecule has 0 aromatic heterocycles. The van der Waals surface area contributed by atoms with Gasteiger partial charge in [0.05, 0.1) is 33.0 Å². The van der Waals surface area contributed by atoms with E-state index in [1.54, 1.807) is 0 Å². The van der Waals surface area contributed by atoms with Crippen LogP contribution >= 0.6 is 0 Å². The van der Waals surface area contributed by atoms with Crippen molar-refractivity contribution >= 4 is 11.8 Å². The highest BCUT2D eigenvalue weighted by Crippen LogP contribution is 2.36. The van der Waals surface area contributed by atoms with Crippen molar-refractivity contribution in [2.24, 2.45) is 0 Å². The Morgan fingerprint density at radius 3 is 1.29 bits per heavy atom. The molecule has 360 valence electrons. The van der Waals surface area contributed by atoms with Gasteiger partial charge in [0.2, 0.25) is 11.8 Å². The lowest BCUT2D eigenvalue weighted by atomic mass is 9.94. The molecule has 5 saturated heterocycles. The fourth-order valence-electron chi connectivity index (χ4n) is 7.83. The highest BCUT2D eigenvalue weighted by Gasteiger charge is 2.57. The molecule has 62 heavy (non-hydrogen) atoms. The number of ether oxygens (including phenoxy) is 9. The predicted molar refractivity (Wildman–Crippen MR) is 190 cm³/mol. The minimum atomic E-state index is -2.13. The van der Waals surface area contributed by atoms with Gasteiger partial charge in [-0.2, -0.15) is 0 Å². The number of amides is 2. The number of carbonyl (C=O) groups is 2. The lowest BCUT2D eigenvalue weighted by molar-refractivity contribution is -0.382. The van der Waals surface area contributed by atoms with E-state index in [9.17, 15) is 86.2 Å². The van der Waals surface area contributed by atoms with E-state index >= 15 is 0 Å².